The van der Waals surface area contributed by atoms with E-state index in [9.17, 15) is 14.8 Å². The molecule has 18 heavy (non-hydrogen) atoms. The second-order valence-corrected chi connectivity index (χ2v) is 4.06. The highest BCUT2D eigenvalue weighted by molar-refractivity contribution is 6.14. The van der Waals surface area contributed by atoms with E-state index in [0.29, 0.717) is 16.9 Å². The molecule has 1 aromatic heterocycles. The molecule has 1 aliphatic heterocycles. The number of hydrogen-bond donors (Lipinski definition) is 0. The van der Waals surface area contributed by atoms with Crippen LogP contribution in [-0.4, -0.2) is 22.5 Å². The molecule has 0 aromatic carbocycles. The molecule has 0 bridgehead atoms. The second kappa shape index (κ2) is 4.95. The van der Waals surface area contributed by atoms with E-state index in [1.165, 1.54) is 18.3 Å². The van der Waals surface area contributed by atoms with Crippen molar-refractivity contribution in [3.05, 3.63) is 35.3 Å². The summed E-state index contributed by atoms with van der Waals surface area (Å²) >= 11 is 0. The zero-order valence-electron chi connectivity index (χ0n) is 10.00. The van der Waals surface area contributed by atoms with Crippen LogP contribution in [0.2, 0.25) is 0 Å². The molecule has 0 saturated heterocycles. The molecular weight excluding hydrogens is 234 g/mol. The van der Waals surface area contributed by atoms with Gasteiger partial charge in [0.1, 0.15) is 5.56 Å². The Morgan fingerprint density at radius 3 is 3.06 bits per heavy atom. The van der Waals surface area contributed by atoms with E-state index in [-0.39, 0.29) is 17.9 Å². The van der Waals surface area contributed by atoms with Crippen molar-refractivity contribution in [2.24, 2.45) is 5.10 Å². The van der Waals surface area contributed by atoms with Crippen LogP contribution in [0.4, 0.5) is 0 Å². The fraction of sp³-hybridized carbons (Fsp3) is 0.333. The first-order chi connectivity index (χ1) is 8.61. The summed E-state index contributed by atoms with van der Waals surface area (Å²) in [5.41, 5.74) is 0.865. The van der Waals surface area contributed by atoms with E-state index < -0.39 is 5.91 Å². The SMILES string of the molecule is CCCC1=NN(C(=O)c2ccc[n+]([O-])c2)C(=O)C1. The highest BCUT2D eigenvalue weighted by Crippen LogP contribution is 2.15. The lowest BCUT2D eigenvalue weighted by molar-refractivity contribution is -0.605. The second-order valence-electron chi connectivity index (χ2n) is 4.06. The molecule has 0 N–H and O–H groups in total. The number of aromatic nitrogens is 1. The molecule has 1 aliphatic rings. The molecule has 6 heteroatoms. The maximum absolute atomic E-state index is 12.0. The van der Waals surface area contributed by atoms with Crippen molar-refractivity contribution < 1.29 is 14.3 Å². The Morgan fingerprint density at radius 2 is 2.39 bits per heavy atom. The zero-order valence-corrected chi connectivity index (χ0v) is 10.00. The summed E-state index contributed by atoms with van der Waals surface area (Å²) in [6, 6.07) is 2.94. The molecule has 0 saturated carbocycles. The minimum absolute atomic E-state index is 0.155. The molecule has 0 atom stereocenters. The Hall–Kier alpha value is -2.24. The number of carbonyl (C=O) groups is 2. The lowest BCUT2D eigenvalue weighted by atomic mass is 10.2. The predicted octanol–water partition coefficient (Wildman–Crippen LogP) is 0.849. The van der Waals surface area contributed by atoms with E-state index >= 15 is 0 Å². The Balaban J connectivity index is 2.21. The van der Waals surface area contributed by atoms with Gasteiger partial charge in [0.2, 0.25) is 0 Å². The van der Waals surface area contributed by atoms with Gasteiger partial charge in [0.15, 0.2) is 12.4 Å². The minimum atomic E-state index is -0.559. The number of amides is 2. The smallest absolute Gasteiger partial charge is 0.287 e. The zero-order chi connectivity index (χ0) is 13.1. The molecule has 2 amide bonds. The van der Waals surface area contributed by atoms with Crippen molar-refractivity contribution in [1.82, 2.24) is 5.01 Å². The largest absolute Gasteiger partial charge is 0.619 e. The summed E-state index contributed by atoms with van der Waals surface area (Å²) < 4.78 is 0.518. The molecule has 6 nitrogen and oxygen atoms in total. The molecule has 94 valence electrons. The van der Waals surface area contributed by atoms with E-state index in [2.05, 4.69) is 5.10 Å². The first-order valence-electron chi connectivity index (χ1n) is 5.74. The molecule has 0 radical (unpaired) electrons. The van der Waals surface area contributed by atoms with Gasteiger partial charge in [-0.3, -0.25) is 9.59 Å². The van der Waals surface area contributed by atoms with Gasteiger partial charge in [-0.25, -0.2) is 0 Å². The van der Waals surface area contributed by atoms with Crippen LogP contribution in [0.3, 0.4) is 0 Å². The third kappa shape index (κ3) is 2.37. The summed E-state index contributed by atoms with van der Waals surface area (Å²) in [5, 5.41) is 15.9. The van der Waals surface area contributed by atoms with Crippen molar-refractivity contribution in [2.75, 3.05) is 0 Å². The topological polar surface area (TPSA) is 76.7 Å². The van der Waals surface area contributed by atoms with Crippen LogP contribution in [0.1, 0.15) is 36.5 Å². The van der Waals surface area contributed by atoms with Gasteiger partial charge >= 0.3 is 0 Å². The fourth-order valence-electron chi connectivity index (χ4n) is 1.77. The van der Waals surface area contributed by atoms with Crippen LogP contribution in [0, 0.1) is 5.21 Å². The van der Waals surface area contributed by atoms with Gasteiger partial charge in [0, 0.05) is 11.8 Å². The number of hydrazone groups is 1. The van der Waals surface area contributed by atoms with E-state index in [4.69, 9.17) is 0 Å². The van der Waals surface area contributed by atoms with Crippen LogP contribution in [0.5, 0.6) is 0 Å². The van der Waals surface area contributed by atoms with Crippen molar-refractivity contribution in [3.8, 4) is 0 Å². The Labute approximate surface area is 104 Å². The molecule has 1 aromatic rings. The van der Waals surface area contributed by atoms with Gasteiger partial charge in [-0.2, -0.15) is 14.8 Å². The average molecular weight is 247 g/mol. The van der Waals surface area contributed by atoms with E-state index in [1.54, 1.807) is 0 Å². The first-order valence-corrected chi connectivity index (χ1v) is 5.74. The highest BCUT2D eigenvalue weighted by atomic mass is 16.5. The van der Waals surface area contributed by atoms with Gasteiger partial charge in [-0.15, -0.1) is 0 Å². The molecule has 0 aliphatic carbocycles. The number of hydrogen-bond acceptors (Lipinski definition) is 4. The van der Waals surface area contributed by atoms with Crippen LogP contribution in [0.15, 0.2) is 29.6 Å². The van der Waals surface area contributed by atoms with Gasteiger partial charge < -0.3 is 5.21 Å². The number of nitrogens with zero attached hydrogens (tertiary/aromatic N) is 3. The molecular formula is C12H13N3O3. The third-order valence-corrected chi connectivity index (χ3v) is 2.59. The number of pyridine rings is 1. The highest BCUT2D eigenvalue weighted by Gasteiger charge is 2.30. The maximum Gasteiger partial charge on any atom is 0.287 e. The predicted molar refractivity (Wildman–Crippen MR) is 63.5 cm³/mol. The maximum atomic E-state index is 12.0. The van der Waals surface area contributed by atoms with Crippen LogP contribution in [-0.2, 0) is 4.79 Å². The molecule has 2 heterocycles. The number of imide groups is 1. The van der Waals surface area contributed by atoms with E-state index in [1.807, 2.05) is 6.92 Å². The summed E-state index contributed by atoms with van der Waals surface area (Å²) in [6.45, 7) is 1.98. The minimum Gasteiger partial charge on any atom is -0.619 e. The summed E-state index contributed by atoms with van der Waals surface area (Å²) in [7, 11) is 0. The average Bonchev–Trinajstić information content (AvgIpc) is 2.70. The quantitative estimate of drug-likeness (QED) is 0.451. The van der Waals surface area contributed by atoms with Gasteiger partial charge in [0.25, 0.3) is 11.8 Å². The normalized spacial score (nSPS) is 14.8. The standard InChI is InChI=1S/C12H13N3O3/c1-2-4-10-7-11(16)15(13-10)12(17)9-5-3-6-14(18)8-9/h3,5-6,8H,2,4,7H2,1H3. The van der Waals surface area contributed by atoms with Gasteiger partial charge in [0.05, 0.1) is 6.42 Å². The summed E-state index contributed by atoms with van der Waals surface area (Å²) in [5.74, 6) is -0.902. The van der Waals surface area contributed by atoms with Crippen molar-refractivity contribution >= 4 is 17.5 Å². The van der Waals surface area contributed by atoms with Gasteiger partial charge in [-0.1, -0.05) is 13.3 Å². The fourth-order valence-corrected chi connectivity index (χ4v) is 1.77. The molecule has 0 unspecified atom stereocenters. The van der Waals surface area contributed by atoms with Crippen molar-refractivity contribution in [2.45, 2.75) is 26.2 Å². The van der Waals surface area contributed by atoms with Crippen molar-refractivity contribution in [3.63, 3.8) is 0 Å². The Morgan fingerprint density at radius 1 is 1.61 bits per heavy atom. The summed E-state index contributed by atoms with van der Waals surface area (Å²) in [4.78, 5) is 23.7. The van der Waals surface area contributed by atoms with Crippen LogP contribution >= 0.6 is 0 Å². The lowest BCUT2D eigenvalue weighted by Gasteiger charge is -2.08. The summed E-state index contributed by atoms with van der Waals surface area (Å²) in [6.07, 6.45) is 4.16. The number of rotatable bonds is 3. The molecule has 0 spiro atoms. The Kier molecular flexibility index (Phi) is 3.36. The third-order valence-electron chi connectivity index (χ3n) is 2.59. The van der Waals surface area contributed by atoms with Crippen LogP contribution < -0.4 is 4.73 Å². The lowest BCUT2D eigenvalue weighted by Crippen LogP contribution is -2.32. The van der Waals surface area contributed by atoms with Gasteiger partial charge in [-0.05, 0) is 12.5 Å². The van der Waals surface area contributed by atoms with Crippen LogP contribution in [0.25, 0.3) is 0 Å². The monoisotopic (exact) mass is 247 g/mol. The van der Waals surface area contributed by atoms with E-state index in [0.717, 1.165) is 17.6 Å². The number of carbonyl (C=O) groups excluding carboxylic acids is 2. The molecule has 2 rings (SSSR count). The Bertz CT molecular complexity index is 525. The van der Waals surface area contributed by atoms with Crippen molar-refractivity contribution in [1.29, 1.82) is 0 Å². The first kappa shape index (κ1) is 12.2. The molecule has 0 fully saturated rings.